The van der Waals surface area contributed by atoms with Gasteiger partial charge in [-0.25, -0.2) is 0 Å². The van der Waals surface area contributed by atoms with Crippen LogP contribution in [0, 0.1) is 0 Å². The zero-order valence-electron chi connectivity index (χ0n) is 7.66. The standard InChI is InChI=1S/C10H13NO2/c1-8(2)7-13-10-4-3-9(6-12)11-5-10/h3-5,12H,1,6-7H2,2H3. The maximum absolute atomic E-state index is 8.73. The van der Waals surface area contributed by atoms with Gasteiger partial charge in [-0.2, -0.15) is 0 Å². The predicted octanol–water partition coefficient (Wildman–Crippen LogP) is 1.53. The summed E-state index contributed by atoms with van der Waals surface area (Å²) in [5.74, 6) is 0.695. The SMILES string of the molecule is C=C(C)COc1ccc(CO)nc1. The Morgan fingerprint density at radius 1 is 1.62 bits per heavy atom. The second kappa shape index (κ2) is 4.62. The monoisotopic (exact) mass is 179 g/mol. The van der Waals surface area contributed by atoms with Crippen molar-refractivity contribution in [3.63, 3.8) is 0 Å². The largest absolute Gasteiger partial charge is 0.488 e. The summed E-state index contributed by atoms with van der Waals surface area (Å²) in [4.78, 5) is 3.97. The second-order valence-corrected chi connectivity index (χ2v) is 2.89. The number of nitrogens with zero attached hydrogens (tertiary/aromatic N) is 1. The van der Waals surface area contributed by atoms with Crippen molar-refractivity contribution in [3.05, 3.63) is 36.2 Å². The van der Waals surface area contributed by atoms with E-state index >= 15 is 0 Å². The molecule has 1 N–H and O–H groups in total. The van der Waals surface area contributed by atoms with E-state index in [0.29, 0.717) is 18.1 Å². The molecule has 0 spiro atoms. The van der Waals surface area contributed by atoms with Gasteiger partial charge in [-0.05, 0) is 24.6 Å². The number of ether oxygens (including phenoxy) is 1. The highest BCUT2D eigenvalue weighted by Gasteiger charge is 1.95. The van der Waals surface area contributed by atoms with Gasteiger partial charge in [0.05, 0.1) is 18.5 Å². The van der Waals surface area contributed by atoms with E-state index in [1.54, 1.807) is 18.3 Å². The molecule has 0 radical (unpaired) electrons. The van der Waals surface area contributed by atoms with Gasteiger partial charge in [0.2, 0.25) is 0 Å². The molecule has 1 aromatic rings. The van der Waals surface area contributed by atoms with Crippen LogP contribution >= 0.6 is 0 Å². The molecule has 0 bridgehead atoms. The zero-order valence-corrected chi connectivity index (χ0v) is 7.66. The van der Waals surface area contributed by atoms with Gasteiger partial charge in [0.1, 0.15) is 12.4 Å². The zero-order chi connectivity index (χ0) is 9.68. The van der Waals surface area contributed by atoms with Gasteiger partial charge in [0.15, 0.2) is 0 Å². The van der Waals surface area contributed by atoms with Crippen molar-refractivity contribution >= 4 is 0 Å². The van der Waals surface area contributed by atoms with Gasteiger partial charge >= 0.3 is 0 Å². The number of aromatic nitrogens is 1. The van der Waals surface area contributed by atoms with Crippen LogP contribution in [0.3, 0.4) is 0 Å². The number of pyridine rings is 1. The van der Waals surface area contributed by atoms with Gasteiger partial charge in [0, 0.05) is 0 Å². The molecule has 1 rings (SSSR count). The lowest BCUT2D eigenvalue weighted by molar-refractivity contribution is 0.276. The fourth-order valence-electron chi connectivity index (χ4n) is 0.796. The van der Waals surface area contributed by atoms with E-state index in [4.69, 9.17) is 9.84 Å². The van der Waals surface area contributed by atoms with E-state index in [1.807, 2.05) is 6.92 Å². The summed E-state index contributed by atoms with van der Waals surface area (Å²) in [6.45, 7) is 6.08. The summed E-state index contributed by atoms with van der Waals surface area (Å²) in [5.41, 5.74) is 1.61. The molecule has 0 unspecified atom stereocenters. The van der Waals surface area contributed by atoms with Gasteiger partial charge in [-0.15, -0.1) is 0 Å². The lowest BCUT2D eigenvalue weighted by atomic mass is 10.3. The summed E-state index contributed by atoms with van der Waals surface area (Å²) < 4.78 is 5.32. The minimum absolute atomic E-state index is 0.0409. The van der Waals surface area contributed by atoms with Crippen LogP contribution in [0.4, 0.5) is 0 Å². The van der Waals surface area contributed by atoms with Gasteiger partial charge < -0.3 is 9.84 Å². The smallest absolute Gasteiger partial charge is 0.138 e. The molecule has 0 aliphatic rings. The Kier molecular flexibility index (Phi) is 3.46. The van der Waals surface area contributed by atoms with Crippen molar-refractivity contribution in [1.29, 1.82) is 0 Å². The molecule has 0 fully saturated rings. The number of aliphatic hydroxyl groups excluding tert-OH is 1. The van der Waals surface area contributed by atoms with Crippen molar-refractivity contribution in [2.75, 3.05) is 6.61 Å². The van der Waals surface area contributed by atoms with Crippen LogP contribution in [0.2, 0.25) is 0 Å². The highest BCUT2D eigenvalue weighted by atomic mass is 16.5. The van der Waals surface area contributed by atoms with E-state index in [0.717, 1.165) is 5.57 Å². The first-order valence-corrected chi connectivity index (χ1v) is 4.05. The Labute approximate surface area is 77.7 Å². The summed E-state index contributed by atoms with van der Waals surface area (Å²) >= 11 is 0. The summed E-state index contributed by atoms with van der Waals surface area (Å²) in [6.07, 6.45) is 1.59. The Hall–Kier alpha value is -1.35. The number of aliphatic hydroxyl groups is 1. The molecule has 0 saturated heterocycles. The van der Waals surface area contributed by atoms with Crippen LogP contribution < -0.4 is 4.74 Å². The van der Waals surface area contributed by atoms with Gasteiger partial charge in [-0.3, -0.25) is 4.98 Å². The highest BCUT2D eigenvalue weighted by Crippen LogP contribution is 2.09. The Morgan fingerprint density at radius 3 is 2.85 bits per heavy atom. The molecule has 0 aliphatic carbocycles. The molecular formula is C10H13NO2. The predicted molar refractivity (Wildman–Crippen MR) is 50.5 cm³/mol. The normalized spacial score (nSPS) is 9.69. The first kappa shape index (κ1) is 9.74. The molecule has 3 heteroatoms. The number of hydrogen-bond donors (Lipinski definition) is 1. The maximum atomic E-state index is 8.73. The van der Waals surface area contributed by atoms with Crippen LogP contribution in [-0.2, 0) is 6.61 Å². The van der Waals surface area contributed by atoms with Gasteiger partial charge in [0.25, 0.3) is 0 Å². The molecule has 0 atom stereocenters. The van der Waals surface area contributed by atoms with E-state index in [2.05, 4.69) is 11.6 Å². The number of hydrogen-bond acceptors (Lipinski definition) is 3. The van der Waals surface area contributed by atoms with Crippen molar-refractivity contribution in [1.82, 2.24) is 4.98 Å². The summed E-state index contributed by atoms with van der Waals surface area (Å²) in [6, 6.07) is 3.51. The lowest BCUT2D eigenvalue weighted by Crippen LogP contribution is -1.98. The molecule has 3 nitrogen and oxygen atoms in total. The quantitative estimate of drug-likeness (QED) is 0.713. The average molecular weight is 179 g/mol. The van der Waals surface area contributed by atoms with E-state index in [1.165, 1.54) is 0 Å². The minimum atomic E-state index is -0.0409. The van der Waals surface area contributed by atoms with Crippen molar-refractivity contribution in [3.8, 4) is 5.75 Å². The first-order chi connectivity index (χ1) is 6.22. The first-order valence-electron chi connectivity index (χ1n) is 4.05. The topological polar surface area (TPSA) is 42.4 Å². The molecule has 0 saturated carbocycles. The van der Waals surface area contributed by atoms with Crippen LogP contribution in [0.5, 0.6) is 5.75 Å². The van der Waals surface area contributed by atoms with Crippen LogP contribution in [0.15, 0.2) is 30.5 Å². The van der Waals surface area contributed by atoms with Crippen LogP contribution in [0.25, 0.3) is 0 Å². The Balaban J connectivity index is 2.54. The maximum Gasteiger partial charge on any atom is 0.138 e. The van der Waals surface area contributed by atoms with E-state index < -0.39 is 0 Å². The second-order valence-electron chi connectivity index (χ2n) is 2.89. The highest BCUT2D eigenvalue weighted by molar-refractivity contribution is 5.20. The fourth-order valence-corrected chi connectivity index (χ4v) is 0.796. The van der Waals surface area contributed by atoms with Crippen LogP contribution in [-0.4, -0.2) is 16.7 Å². The molecule has 1 heterocycles. The fraction of sp³-hybridized carbons (Fsp3) is 0.300. The van der Waals surface area contributed by atoms with Gasteiger partial charge in [-0.1, -0.05) is 6.58 Å². The van der Waals surface area contributed by atoms with Crippen molar-refractivity contribution < 1.29 is 9.84 Å². The van der Waals surface area contributed by atoms with Crippen molar-refractivity contribution in [2.24, 2.45) is 0 Å². The third-order valence-electron chi connectivity index (χ3n) is 1.44. The molecule has 70 valence electrons. The van der Waals surface area contributed by atoms with Crippen molar-refractivity contribution in [2.45, 2.75) is 13.5 Å². The molecule has 13 heavy (non-hydrogen) atoms. The average Bonchev–Trinajstić information content (AvgIpc) is 2.15. The van der Waals surface area contributed by atoms with Crippen LogP contribution in [0.1, 0.15) is 12.6 Å². The van der Waals surface area contributed by atoms with E-state index in [9.17, 15) is 0 Å². The summed E-state index contributed by atoms with van der Waals surface area (Å²) in [7, 11) is 0. The third-order valence-corrected chi connectivity index (χ3v) is 1.44. The molecule has 0 aromatic carbocycles. The molecule has 1 aromatic heterocycles. The molecule has 0 amide bonds. The summed E-state index contributed by atoms with van der Waals surface area (Å²) in [5, 5.41) is 8.73. The lowest BCUT2D eigenvalue weighted by Gasteiger charge is -2.04. The van der Waals surface area contributed by atoms with E-state index in [-0.39, 0.29) is 6.61 Å². The minimum Gasteiger partial charge on any atom is -0.488 e. The Morgan fingerprint density at radius 2 is 2.38 bits per heavy atom. The molecular weight excluding hydrogens is 166 g/mol. The Bertz CT molecular complexity index is 279. The number of rotatable bonds is 4. The molecule has 0 aliphatic heterocycles. The third kappa shape index (κ3) is 3.25.